The Bertz CT molecular complexity index is 789. The number of amides is 1. The van der Waals surface area contributed by atoms with Gasteiger partial charge in [-0.15, -0.1) is 11.3 Å². The third-order valence-corrected chi connectivity index (χ3v) is 5.96. The molecule has 0 saturated carbocycles. The van der Waals surface area contributed by atoms with E-state index >= 15 is 0 Å². The van der Waals surface area contributed by atoms with Gasteiger partial charge in [0.15, 0.2) is 5.96 Å². The van der Waals surface area contributed by atoms with Gasteiger partial charge in [0, 0.05) is 38.6 Å². The fourth-order valence-electron chi connectivity index (χ4n) is 3.22. The molecule has 162 valence electrons. The maximum Gasteiger partial charge on any atom is 0.241 e. The van der Waals surface area contributed by atoms with Gasteiger partial charge in [-0.1, -0.05) is 36.4 Å². The summed E-state index contributed by atoms with van der Waals surface area (Å²) in [6, 6.07) is 14.6. The second-order valence-corrected chi connectivity index (χ2v) is 8.33. The number of carbonyl (C=O) groups excluding carboxylic acids is 1. The number of rotatable bonds is 8. The van der Waals surface area contributed by atoms with Crippen molar-refractivity contribution in [3.63, 3.8) is 0 Å². The molecule has 2 aromatic rings. The lowest BCUT2D eigenvalue weighted by Crippen LogP contribution is -2.47. The average molecular weight is 430 g/mol. The highest BCUT2D eigenvalue weighted by atomic mass is 32.1. The van der Waals surface area contributed by atoms with Crippen molar-refractivity contribution < 1.29 is 9.53 Å². The molecule has 1 atom stereocenters. The molecule has 1 saturated heterocycles. The number of likely N-dealkylation sites (N-methyl/N-ethyl adjacent to an activating group) is 1. The van der Waals surface area contributed by atoms with Crippen LogP contribution in [0.15, 0.2) is 52.8 Å². The molecule has 1 aromatic heterocycles. The molecule has 0 radical (unpaired) electrons. The predicted octanol–water partition coefficient (Wildman–Crippen LogP) is 1.94. The summed E-state index contributed by atoms with van der Waals surface area (Å²) in [5.74, 6) is 0.649. The van der Waals surface area contributed by atoms with Crippen LogP contribution in [0.3, 0.4) is 0 Å². The number of ether oxygens (including phenoxy) is 1. The predicted molar refractivity (Wildman–Crippen MR) is 122 cm³/mol. The highest BCUT2D eigenvalue weighted by Gasteiger charge is 2.23. The Hall–Kier alpha value is -2.42. The lowest BCUT2D eigenvalue weighted by molar-refractivity contribution is -0.127. The van der Waals surface area contributed by atoms with Gasteiger partial charge in [-0.25, -0.2) is 4.99 Å². The molecule has 2 heterocycles. The molecule has 1 amide bonds. The summed E-state index contributed by atoms with van der Waals surface area (Å²) in [6.07, 6.45) is 0. The Morgan fingerprint density at radius 1 is 1.17 bits per heavy atom. The molecule has 1 aromatic carbocycles. The lowest BCUT2D eigenvalue weighted by atomic mass is 10.2. The van der Waals surface area contributed by atoms with E-state index in [2.05, 4.69) is 33.0 Å². The van der Waals surface area contributed by atoms with E-state index < -0.39 is 0 Å². The van der Waals surface area contributed by atoms with E-state index in [4.69, 9.17) is 9.73 Å². The van der Waals surface area contributed by atoms with Crippen LogP contribution < -0.4 is 10.6 Å². The summed E-state index contributed by atoms with van der Waals surface area (Å²) in [5.41, 5.74) is 1.13. The van der Waals surface area contributed by atoms with E-state index in [1.54, 1.807) is 30.3 Å². The van der Waals surface area contributed by atoms with Crippen molar-refractivity contribution in [3.8, 4) is 0 Å². The molecule has 0 aliphatic carbocycles. The van der Waals surface area contributed by atoms with Crippen molar-refractivity contribution in [3.05, 3.63) is 58.3 Å². The number of nitrogens with zero attached hydrogens (tertiary/aromatic N) is 3. The van der Waals surface area contributed by atoms with Crippen LogP contribution >= 0.6 is 11.3 Å². The number of morpholine rings is 1. The third kappa shape index (κ3) is 6.83. The van der Waals surface area contributed by atoms with Gasteiger partial charge in [0.05, 0.1) is 32.3 Å². The molecule has 3 rings (SSSR count). The van der Waals surface area contributed by atoms with Crippen LogP contribution in [0.5, 0.6) is 0 Å². The van der Waals surface area contributed by atoms with Crippen molar-refractivity contribution in [2.45, 2.75) is 12.6 Å². The minimum absolute atomic E-state index is 0.00666. The van der Waals surface area contributed by atoms with Crippen LogP contribution in [0.2, 0.25) is 0 Å². The molecule has 1 unspecified atom stereocenters. The standard InChI is InChI=1S/C22H31N5O2S/c1-26(2)21(28)17-25-22(23-15-18-7-4-3-5-8-18)24-16-19(20-9-6-14-30-20)27-10-12-29-13-11-27/h3-9,14,19H,10-13,15-17H2,1-2H3,(H2,23,24,25). The van der Waals surface area contributed by atoms with Crippen LogP contribution in [-0.2, 0) is 16.1 Å². The molecule has 1 aliphatic heterocycles. The number of carbonyl (C=O) groups is 1. The third-order valence-electron chi connectivity index (χ3n) is 4.99. The first-order valence-electron chi connectivity index (χ1n) is 10.2. The highest BCUT2D eigenvalue weighted by molar-refractivity contribution is 7.10. The highest BCUT2D eigenvalue weighted by Crippen LogP contribution is 2.25. The van der Waals surface area contributed by atoms with Gasteiger partial charge in [0.25, 0.3) is 0 Å². The summed E-state index contributed by atoms with van der Waals surface area (Å²) in [6.45, 7) is 4.79. The zero-order valence-electron chi connectivity index (χ0n) is 17.7. The zero-order valence-corrected chi connectivity index (χ0v) is 18.5. The topological polar surface area (TPSA) is 69.2 Å². The van der Waals surface area contributed by atoms with E-state index in [1.165, 1.54) is 4.88 Å². The number of hydrogen-bond acceptors (Lipinski definition) is 5. The van der Waals surface area contributed by atoms with Crippen LogP contribution in [0.25, 0.3) is 0 Å². The summed E-state index contributed by atoms with van der Waals surface area (Å²) < 4.78 is 5.53. The number of nitrogens with one attached hydrogen (secondary N) is 2. The fraction of sp³-hybridized carbons (Fsp3) is 0.455. The molecular weight excluding hydrogens is 398 g/mol. The summed E-state index contributed by atoms with van der Waals surface area (Å²) in [5, 5.41) is 8.76. The van der Waals surface area contributed by atoms with E-state index in [-0.39, 0.29) is 18.5 Å². The van der Waals surface area contributed by atoms with Crippen LogP contribution in [0, 0.1) is 0 Å². The van der Waals surface area contributed by atoms with E-state index in [0.717, 1.165) is 31.9 Å². The Morgan fingerprint density at radius 3 is 2.60 bits per heavy atom. The number of benzene rings is 1. The number of hydrogen-bond donors (Lipinski definition) is 2. The SMILES string of the molecule is CN(C)C(=O)CNC(=NCc1ccccc1)NCC(c1cccs1)N1CCOCC1. The summed E-state index contributed by atoms with van der Waals surface area (Å²) in [7, 11) is 3.51. The van der Waals surface area contributed by atoms with Gasteiger partial charge in [0.2, 0.25) is 5.91 Å². The van der Waals surface area contributed by atoms with Gasteiger partial charge in [-0.3, -0.25) is 9.69 Å². The minimum Gasteiger partial charge on any atom is -0.379 e. The van der Waals surface area contributed by atoms with Crippen molar-refractivity contribution in [2.75, 3.05) is 53.5 Å². The monoisotopic (exact) mass is 429 g/mol. The lowest BCUT2D eigenvalue weighted by Gasteiger charge is -2.34. The first kappa shape index (κ1) is 22.3. The van der Waals surface area contributed by atoms with Gasteiger partial charge in [-0.2, -0.15) is 0 Å². The van der Waals surface area contributed by atoms with Crippen LogP contribution in [0.4, 0.5) is 0 Å². The van der Waals surface area contributed by atoms with Crippen molar-refractivity contribution >= 4 is 23.2 Å². The normalized spacial score (nSPS) is 16.1. The van der Waals surface area contributed by atoms with E-state index in [9.17, 15) is 4.79 Å². The maximum atomic E-state index is 12.1. The Kier molecular flexibility index (Phi) is 8.67. The summed E-state index contributed by atoms with van der Waals surface area (Å²) >= 11 is 1.77. The number of guanidine groups is 1. The molecule has 1 aliphatic rings. The molecule has 8 heteroatoms. The fourth-order valence-corrected chi connectivity index (χ4v) is 4.08. The molecule has 30 heavy (non-hydrogen) atoms. The quantitative estimate of drug-likeness (QED) is 0.496. The van der Waals surface area contributed by atoms with Crippen LogP contribution in [-0.4, -0.2) is 75.2 Å². The van der Waals surface area contributed by atoms with Crippen LogP contribution in [0.1, 0.15) is 16.5 Å². The molecule has 0 bridgehead atoms. The first-order chi connectivity index (χ1) is 14.6. The second kappa shape index (κ2) is 11.7. The maximum absolute atomic E-state index is 12.1. The zero-order chi connectivity index (χ0) is 21.2. The molecule has 1 fully saturated rings. The number of aliphatic imine (C=N–C) groups is 1. The van der Waals surface area contributed by atoms with E-state index in [1.807, 2.05) is 30.3 Å². The van der Waals surface area contributed by atoms with Crippen molar-refractivity contribution in [1.82, 2.24) is 20.4 Å². The van der Waals surface area contributed by atoms with Gasteiger partial charge in [0.1, 0.15) is 0 Å². The number of thiophene rings is 1. The Morgan fingerprint density at radius 2 is 1.93 bits per heavy atom. The Balaban J connectivity index is 1.68. The molecular formula is C22H31N5O2S. The molecule has 2 N–H and O–H groups in total. The average Bonchev–Trinajstić information content (AvgIpc) is 3.31. The smallest absolute Gasteiger partial charge is 0.241 e. The Labute approximate surface area is 182 Å². The van der Waals surface area contributed by atoms with Crippen molar-refractivity contribution in [1.29, 1.82) is 0 Å². The second-order valence-electron chi connectivity index (χ2n) is 7.35. The molecule has 7 nitrogen and oxygen atoms in total. The largest absolute Gasteiger partial charge is 0.379 e. The van der Waals surface area contributed by atoms with Crippen molar-refractivity contribution in [2.24, 2.45) is 4.99 Å². The molecule has 0 spiro atoms. The van der Waals surface area contributed by atoms with Gasteiger partial charge >= 0.3 is 0 Å². The van der Waals surface area contributed by atoms with E-state index in [0.29, 0.717) is 19.0 Å². The van der Waals surface area contributed by atoms with Gasteiger partial charge < -0.3 is 20.3 Å². The van der Waals surface area contributed by atoms with Gasteiger partial charge in [-0.05, 0) is 17.0 Å². The minimum atomic E-state index is 0.00666. The first-order valence-corrected chi connectivity index (χ1v) is 11.1. The summed E-state index contributed by atoms with van der Waals surface area (Å²) in [4.78, 5) is 22.1.